The van der Waals surface area contributed by atoms with Gasteiger partial charge in [-0.3, -0.25) is 0 Å². The summed E-state index contributed by atoms with van der Waals surface area (Å²) in [6.45, 7) is 3.60. The van der Waals surface area contributed by atoms with Gasteiger partial charge in [0.2, 0.25) is 10.0 Å². The van der Waals surface area contributed by atoms with E-state index in [-0.39, 0.29) is 22.9 Å². The number of nitrogens with one attached hydrogen (secondary N) is 1. The van der Waals surface area contributed by atoms with E-state index in [1.807, 2.05) is 13.1 Å². The van der Waals surface area contributed by atoms with Gasteiger partial charge in [0.25, 0.3) is 0 Å². The van der Waals surface area contributed by atoms with Crippen molar-refractivity contribution in [1.29, 1.82) is 5.26 Å². The molecular weight excluding hydrogens is 310 g/mol. The van der Waals surface area contributed by atoms with Gasteiger partial charge in [0.1, 0.15) is 11.0 Å². The Bertz CT molecular complexity index is 640. The summed E-state index contributed by atoms with van der Waals surface area (Å²) in [5, 5.41) is 12.3. The summed E-state index contributed by atoms with van der Waals surface area (Å²) in [6.07, 6.45) is 0.855. The number of halogens is 1. The molecule has 1 atom stereocenters. The van der Waals surface area contributed by atoms with Gasteiger partial charge in [-0.1, -0.05) is 12.1 Å². The number of aryl methyl sites for hydroxylation is 1. The van der Waals surface area contributed by atoms with Crippen molar-refractivity contribution < 1.29 is 8.42 Å². The maximum Gasteiger partial charge on any atom is 0.244 e. The standard InChI is InChI=1S/C14H19N3O2S.ClH/c1-11-4-3-5-14(13(11)8-15)20(18,19)17-7-6-12(10-17)9-16-2;/h3-5,12,16H,6-7,9-10H2,1-2H3;1H. The first-order valence-electron chi connectivity index (χ1n) is 6.65. The fourth-order valence-corrected chi connectivity index (χ4v) is 4.36. The topological polar surface area (TPSA) is 73.2 Å². The fraction of sp³-hybridized carbons (Fsp3) is 0.500. The number of nitrogens with zero attached hydrogens (tertiary/aromatic N) is 2. The van der Waals surface area contributed by atoms with Crippen LogP contribution in [-0.4, -0.2) is 39.4 Å². The first-order valence-corrected chi connectivity index (χ1v) is 8.09. The Labute approximate surface area is 132 Å². The largest absolute Gasteiger partial charge is 0.319 e. The zero-order valence-corrected chi connectivity index (χ0v) is 13.8. The molecule has 7 heteroatoms. The number of sulfonamides is 1. The maximum absolute atomic E-state index is 12.7. The normalized spacial score (nSPS) is 19.0. The van der Waals surface area contributed by atoms with Crippen LogP contribution in [0.3, 0.4) is 0 Å². The molecule has 5 nitrogen and oxygen atoms in total. The summed E-state index contributed by atoms with van der Waals surface area (Å²) >= 11 is 0. The lowest BCUT2D eigenvalue weighted by Gasteiger charge is -2.18. The molecule has 1 aliphatic rings. The first-order chi connectivity index (χ1) is 9.50. The number of nitriles is 1. The van der Waals surface area contributed by atoms with Crippen molar-refractivity contribution in [3.05, 3.63) is 29.3 Å². The van der Waals surface area contributed by atoms with Crippen molar-refractivity contribution >= 4 is 22.4 Å². The van der Waals surface area contributed by atoms with E-state index >= 15 is 0 Å². The van der Waals surface area contributed by atoms with Crippen molar-refractivity contribution in [3.8, 4) is 6.07 Å². The van der Waals surface area contributed by atoms with Crippen molar-refractivity contribution in [1.82, 2.24) is 9.62 Å². The summed E-state index contributed by atoms with van der Waals surface area (Å²) in [7, 11) is -1.71. The molecule has 116 valence electrons. The molecule has 0 aliphatic carbocycles. The van der Waals surface area contributed by atoms with Crippen LogP contribution >= 0.6 is 12.4 Å². The Morgan fingerprint density at radius 2 is 2.19 bits per heavy atom. The second kappa shape index (κ2) is 7.23. The predicted octanol–water partition coefficient (Wildman–Crippen LogP) is 1.52. The Kier molecular flexibility index (Phi) is 6.17. The smallest absolute Gasteiger partial charge is 0.244 e. The molecule has 1 aliphatic heterocycles. The lowest BCUT2D eigenvalue weighted by Crippen LogP contribution is -2.31. The summed E-state index contributed by atoms with van der Waals surface area (Å²) in [6, 6.07) is 6.97. The Hall–Kier alpha value is -1.13. The third-order valence-electron chi connectivity index (χ3n) is 3.71. The van der Waals surface area contributed by atoms with Gasteiger partial charge >= 0.3 is 0 Å². The third-order valence-corrected chi connectivity index (χ3v) is 5.61. The van der Waals surface area contributed by atoms with Crippen molar-refractivity contribution in [2.24, 2.45) is 5.92 Å². The van der Waals surface area contributed by atoms with Crippen LogP contribution in [0.5, 0.6) is 0 Å². The van der Waals surface area contributed by atoms with Crippen LogP contribution in [0.2, 0.25) is 0 Å². The van der Waals surface area contributed by atoms with Gasteiger partial charge in [0.05, 0.1) is 5.56 Å². The zero-order chi connectivity index (χ0) is 14.8. The first kappa shape index (κ1) is 17.9. The quantitative estimate of drug-likeness (QED) is 0.909. The molecule has 1 fully saturated rings. The van der Waals surface area contributed by atoms with E-state index in [1.54, 1.807) is 19.1 Å². The molecule has 0 aromatic heterocycles. The van der Waals surface area contributed by atoms with Crippen molar-refractivity contribution in [2.75, 3.05) is 26.7 Å². The van der Waals surface area contributed by atoms with Crippen molar-refractivity contribution in [3.63, 3.8) is 0 Å². The van der Waals surface area contributed by atoms with E-state index < -0.39 is 10.0 Å². The summed E-state index contributed by atoms with van der Waals surface area (Å²) in [5.74, 6) is 0.338. The SMILES string of the molecule is CNCC1CCN(S(=O)(=O)c2cccc(C)c2C#N)C1.Cl. The zero-order valence-electron chi connectivity index (χ0n) is 12.2. The van der Waals surface area contributed by atoms with Crippen LogP contribution in [0, 0.1) is 24.2 Å². The Balaban J connectivity index is 0.00000220. The highest BCUT2D eigenvalue weighted by molar-refractivity contribution is 7.89. The number of hydrogen-bond acceptors (Lipinski definition) is 4. The number of benzene rings is 1. The second-order valence-corrected chi connectivity index (χ2v) is 7.04. The molecule has 0 saturated carbocycles. The molecule has 21 heavy (non-hydrogen) atoms. The van der Waals surface area contributed by atoms with E-state index in [1.165, 1.54) is 10.4 Å². The van der Waals surface area contributed by atoms with Gasteiger partial charge in [-0.25, -0.2) is 8.42 Å². The van der Waals surface area contributed by atoms with Crippen LogP contribution < -0.4 is 5.32 Å². The molecule has 1 unspecified atom stereocenters. The van der Waals surface area contributed by atoms with Crippen LogP contribution in [-0.2, 0) is 10.0 Å². The highest BCUT2D eigenvalue weighted by Crippen LogP contribution is 2.27. The summed E-state index contributed by atoms with van der Waals surface area (Å²) in [4.78, 5) is 0.130. The molecule has 1 heterocycles. The highest BCUT2D eigenvalue weighted by atomic mass is 35.5. The van der Waals surface area contributed by atoms with Gasteiger partial charge in [-0.05, 0) is 44.5 Å². The average Bonchev–Trinajstić information content (AvgIpc) is 2.88. The minimum atomic E-state index is -3.57. The van der Waals surface area contributed by atoms with Crippen LogP contribution in [0.15, 0.2) is 23.1 Å². The molecule has 1 aromatic carbocycles. The molecule has 0 radical (unpaired) electrons. The number of rotatable bonds is 4. The Morgan fingerprint density at radius 1 is 1.48 bits per heavy atom. The monoisotopic (exact) mass is 329 g/mol. The van der Waals surface area contributed by atoms with E-state index in [0.717, 1.165) is 13.0 Å². The van der Waals surface area contributed by atoms with Crippen LogP contribution in [0.1, 0.15) is 17.5 Å². The van der Waals surface area contributed by atoms with Gasteiger partial charge in [0, 0.05) is 13.1 Å². The highest BCUT2D eigenvalue weighted by Gasteiger charge is 2.33. The van der Waals surface area contributed by atoms with E-state index in [0.29, 0.717) is 24.6 Å². The second-order valence-electron chi connectivity index (χ2n) is 5.14. The predicted molar refractivity (Wildman–Crippen MR) is 83.9 cm³/mol. The maximum atomic E-state index is 12.7. The Morgan fingerprint density at radius 3 is 2.81 bits per heavy atom. The molecule has 1 N–H and O–H groups in total. The number of hydrogen-bond donors (Lipinski definition) is 1. The lowest BCUT2D eigenvalue weighted by atomic mass is 10.1. The minimum absolute atomic E-state index is 0. The van der Waals surface area contributed by atoms with Crippen LogP contribution in [0.4, 0.5) is 0 Å². The molecular formula is C14H20ClN3O2S. The fourth-order valence-electron chi connectivity index (χ4n) is 2.61. The average molecular weight is 330 g/mol. The van der Waals surface area contributed by atoms with E-state index in [4.69, 9.17) is 0 Å². The van der Waals surface area contributed by atoms with Crippen LogP contribution in [0.25, 0.3) is 0 Å². The van der Waals surface area contributed by atoms with E-state index in [9.17, 15) is 13.7 Å². The third kappa shape index (κ3) is 3.55. The molecule has 1 aromatic rings. The lowest BCUT2D eigenvalue weighted by molar-refractivity contribution is 0.451. The molecule has 0 amide bonds. The van der Waals surface area contributed by atoms with Crippen molar-refractivity contribution in [2.45, 2.75) is 18.2 Å². The summed E-state index contributed by atoms with van der Waals surface area (Å²) in [5.41, 5.74) is 0.948. The van der Waals surface area contributed by atoms with Gasteiger partial charge in [-0.2, -0.15) is 9.57 Å². The minimum Gasteiger partial charge on any atom is -0.319 e. The van der Waals surface area contributed by atoms with E-state index in [2.05, 4.69) is 5.32 Å². The van der Waals surface area contributed by atoms with Gasteiger partial charge in [-0.15, -0.1) is 12.4 Å². The van der Waals surface area contributed by atoms with Gasteiger partial charge < -0.3 is 5.32 Å². The molecule has 0 bridgehead atoms. The molecule has 2 rings (SSSR count). The van der Waals surface area contributed by atoms with Gasteiger partial charge in [0.15, 0.2) is 0 Å². The molecule has 1 saturated heterocycles. The molecule has 0 spiro atoms. The summed E-state index contributed by atoms with van der Waals surface area (Å²) < 4.78 is 26.8.